The van der Waals surface area contributed by atoms with Gasteiger partial charge in [-0.05, 0) is 29.7 Å². The second-order valence-corrected chi connectivity index (χ2v) is 7.48. The lowest BCUT2D eigenvalue weighted by Gasteiger charge is -2.06. The van der Waals surface area contributed by atoms with Crippen molar-refractivity contribution in [3.05, 3.63) is 64.1 Å². The Kier molecular flexibility index (Phi) is 3.85. The van der Waals surface area contributed by atoms with E-state index in [1.807, 2.05) is 25.1 Å². The van der Waals surface area contributed by atoms with Crippen LogP contribution in [0, 0.1) is 0 Å². The Bertz CT molecular complexity index is 1030. The molecule has 6 heteroatoms. The molecule has 0 aliphatic heterocycles. The standard InChI is InChI=1S/C17H17NO4S/c1-3-12-5-4-6-13(9-12)11-23(20,21)14-7-8-15-16(10-14)22-17(19)18(15)2/h4-10H,3,11H2,1-2H3. The summed E-state index contributed by atoms with van der Waals surface area (Å²) >= 11 is 0. The van der Waals surface area contributed by atoms with Crippen LogP contribution < -0.4 is 5.76 Å². The van der Waals surface area contributed by atoms with Crippen LogP contribution >= 0.6 is 0 Å². The number of benzene rings is 2. The van der Waals surface area contributed by atoms with Gasteiger partial charge < -0.3 is 4.42 Å². The smallest absolute Gasteiger partial charge is 0.408 e. The van der Waals surface area contributed by atoms with E-state index in [4.69, 9.17) is 4.42 Å². The lowest BCUT2D eigenvalue weighted by Crippen LogP contribution is -2.08. The van der Waals surface area contributed by atoms with E-state index in [-0.39, 0.29) is 16.2 Å². The van der Waals surface area contributed by atoms with Crippen LogP contribution in [0.4, 0.5) is 0 Å². The van der Waals surface area contributed by atoms with Gasteiger partial charge in [-0.15, -0.1) is 0 Å². The maximum atomic E-state index is 12.6. The number of fused-ring (bicyclic) bond motifs is 1. The maximum Gasteiger partial charge on any atom is 0.419 e. The topological polar surface area (TPSA) is 69.3 Å². The second-order valence-electron chi connectivity index (χ2n) is 5.49. The van der Waals surface area contributed by atoms with Gasteiger partial charge in [0.1, 0.15) is 0 Å². The number of rotatable bonds is 4. The van der Waals surface area contributed by atoms with Crippen LogP contribution in [-0.4, -0.2) is 13.0 Å². The maximum absolute atomic E-state index is 12.6. The van der Waals surface area contributed by atoms with E-state index in [9.17, 15) is 13.2 Å². The molecule has 120 valence electrons. The van der Waals surface area contributed by atoms with Crippen molar-refractivity contribution >= 4 is 20.9 Å². The van der Waals surface area contributed by atoms with Gasteiger partial charge in [-0.3, -0.25) is 4.57 Å². The Balaban J connectivity index is 2.00. The summed E-state index contributed by atoms with van der Waals surface area (Å²) in [7, 11) is -1.92. The van der Waals surface area contributed by atoms with Crippen LogP contribution in [0.2, 0.25) is 0 Å². The highest BCUT2D eigenvalue weighted by Crippen LogP contribution is 2.22. The fourth-order valence-corrected chi connectivity index (χ4v) is 3.90. The van der Waals surface area contributed by atoms with Gasteiger partial charge in [-0.25, -0.2) is 13.2 Å². The molecule has 0 unspecified atom stereocenters. The molecule has 23 heavy (non-hydrogen) atoms. The molecule has 0 spiro atoms. The molecule has 3 rings (SSSR count). The van der Waals surface area contributed by atoms with Crippen LogP contribution in [0.1, 0.15) is 18.1 Å². The van der Waals surface area contributed by atoms with Gasteiger partial charge >= 0.3 is 5.76 Å². The van der Waals surface area contributed by atoms with Crippen molar-refractivity contribution in [1.82, 2.24) is 4.57 Å². The van der Waals surface area contributed by atoms with Crippen LogP contribution in [0.5, 0.6) is 0 Å². The first-order chi connectivity index (χ1) is 10.9. The molecule has 3 aromatic rings. The van der Waals surface area contributed by atoms with E-state index >= 15 is 0 Å². The third-order valence-corrected chi connectivity index (χ3v) is 5.56. The fraction of sp³-hybridized carbons (Fsp3) is 0.235. The minimum Gasteiger partial charge on any atom is -0.408 e. The van der Waals surface area contributed by atoms with Crippen LogP contribution in [0.3, 0.4) is 0 Å². The lowest BCUT2D eigenvalue weighted by atomic mass is 10.1. The Hall–Kier alpha value is -2.34. The SMILES string of the molecule is CCc1cccc(CS(=O)(=O)c2ccc3c(c2)oc(=O)n3C)c1. The van der Waals surface area contributed by atoms with E-state index in [1.165, 1.54) is 16.7 Å². The van der Waals surface area contributed by atoms with Crippen molar-refractivity contribution in [3.8, 4) is 0 Å². The molecule has 0 N–H and O–H groups in total. The Morgan fingerprint density at radius 3 is 2.57 bits per heavy atom. The van der Waals surface area contributed by atoms with Crippen molar-refractivity contribution in [2.24, 2.45) is 7.05 Å². The van der Waals surface area contributed by atoms with Crippen molar-refractivity contribution in [2.45, 2.75) is 24.0 Å². The third-order valence-electron chi connectivity index (χ3n) is 3.88. The highest BCUT2D eigenvalue weighted by molar-refractivity contribution is 7.90. The largest absolute Gasteiger partial charge is 0.419 e. The molecule has 0 atom stereocenters. The average Bonchev–Trinajstić information content (AvgIpc) is 2.81. The molecule has 1 aromatic heterocycles. The molecule has 2 aromatic carbocycles. The number of hydrogen-bond donors (Lipinski definition) is 0. The molecule has 0 saturated carbocycles. The second kappa shape index (κ2) is 5.70. The molecule has 0 amide bonds. The molecule has 0 fully saturated rings. The minimum atomic E-state index is -3.50. The molecular formula is C17H17NO4S. The van der Waals surface area contributed by atoms with Crippen LogP contribution in [0.15, 0.2) is 56.6 Å². The fourth-order valence-electron chi connectivity index (χ4n) is 2.55. The first kappa shape index (κ1) is 15.6. The average molecular weight is 331 g/mol. The zero-order chi connectivity index (χ0) is 16.6. The number of nitrogens with zero attached hydrogens (tertiary/aromatic N) is 1. The Labute approximate surface area is 134 Å². The molecule has 0 aliphatic carbocycles. The van der Waals surface area contributed by atoms with E-state index < -0.39 is 15.6 Å². The lowest BCUT2D eigenvalue weighted by molar-refractivity contribution is 0.527. The monoisotopic (exact) mass is 331 g/mol. The van der Waals surface area contributed by atoms with Crippen LogP contribution in [0.25, 0.3) is 11.1 Å². The molecule has 0 radical (unpaired) electrons. The summed E-state index contributed by atoms with van der Waals surface area (Å²) < 4.78 is 31.6. The number of hydrogen-bond acceptors (Lipinski definition) is 4. The van der Waals surface area contributed by atoms with Gasteiger partial charge in [-0.1, -0.05) is 31.2 Å². The quantitative estimate of drug-likeness (QED) is 0.737. The number of oxazole rings is 1. The van der Waals surface area contributed by atoms with E-state index in [0.717, 1.165) is 17.5 Å². The van der Waals surface area contributed by atoms with E-state index in [0.29, 0.717) is 5.52 Å². The Morgan fingerprint density at radius 1 is 1.09 bits per heavy atom. The van der Waals surface area contributed by atoms with Gasteiger partial charge in [0.05, 0.1) is 16.2 Å². The number of aromatic nitrogens is 1. The highest BCUT2D eigenvalue weighted by atomic mass is 32.2. The highest BCUT2D eigenvalue weighted by Gasteiger charge is 2.18. The number of aryl methyl sites for hydroxylation is 2. The summed E-state index contributed by atoms with van der Waals surface area (Å²) in [6.07, 6.45) is 0.856. The molecule has 0 aliphatic rings. The molecule has 1 heterocycles. The van der Waals surface area contributed by atoms with Crippen molar-refractivity contribution in [2.75, 3.05) is 0 Å². The summed E-state index contributed by atoms with van der Waals surface area (Å²) in [5.74, 6) is -0.589. The van der Waals surface area contributed by atoms with Crippen molar-refractivity contribution < 1.29 is 12.8 Å². The number of sulfone groups is 1. The van der Waals surface area contributed by atoms with E-state index in [1.54, 1.807) is 19.2 Å². The normalized spacial score (nSPS) is 11.9. The Morgan fingerprint density at radius 2 is 1.83 bits per heavy atom. The predicted octanol–water partition coefficient (Wildman–Crippen LogP) is 2.67. The first-order valence-corrected chi connectivity index (χ1v) is 8.96. The van der Waals surface area contributed by atoms with Crippen molar-refractivity contribution in [3.63, 3.8) is 0 Å². The first-order valence-electron chi connectivity index (χ1n) is 7.31. The molecule has 0 saturated heterocycles. The summed E-state index contributed by atoms with van der Waals surface area (Å²) in [4.78, 5) is 11.7. The molecular weight excluding hydrogens is 314 g/mol. The zero-order valence-corrected chi connectivity index (χ0v) is 13.8. The van der Waals surface area contributed by atoms with Gasteiger partial charge in [0.2, 0.25) is 0 Å². The summed E-state index contributed by atoms with van der Waals surface area (Å²) in [6.45, 7) is 2.03. The summed E-state index contributed by atoms with van der Waals surface area (Å²) in [6, 6.07) is 12.1. The van der Waals surface area contributed by atoms with Gasteiger partial charge in [-0.2, -0.15) is 0 Å². The summed E-state index contributed by atoms with van der Waals surface area (Å²) in [5, 5.41) is 0. The van der Waals surface area contributed by atoms with Crippen molar-refractivity contribution in [1.29, 1.82) is 0 Å². The zero-order valence-electron chi connectivity index (χ0n) is 12.9. The molecule has 0 bridgehead atoms. The molecule has 5 nitrogen and oxygen atoms in total. The van der Waals surface area contributed by atoms with Gasteiger partial charge in [0, 0.05) is 13.1 Å². The summed E-state index contributed by atoms with van der Waals surface area (Å²) in [5.41, 5.74) is 2.70. The van der Waals surface area contributed by atoms with Gasteiger partial charge in [0.15, 0.2) is 15.4 Å². The predicted molar refractivity (Wildman–Crippen MR) is 88.2 cm³/mol. The third kappa shape index (κ3) is 2.94. The van der Waals surface area contributed by atoms with E-state index in [2.05, 4.69) is 0 Å². The minimum absolute atomic E-state index is 0.0799. The van der Waals surface area contributed by atoms with Crippen LogP contribution in [-0.2, 0) is 29.1 Å². The van der Waals surface area contributed by atoms with Gasteiger partial charge in [0.25, 0.3) is 0 Å².